The Morgan fingerprint density at radius 3 is 2.71 bits per heavy atom. The normalized spacial score (nSPS) is 12.6. The number of ether oxygens (including phenoxy) is 1. The van der Waals surface area contributed by atoms with E-state index in [1.165, 1.54) is 13.2 Å². The molecule has 0 saturated heterocycles. The molecular weight excluding hydrogens is 251 g/mol. The minimum Gasteiger partial charge on any atom is -0.493 e. The van der Waals surface area contributed by atoms with Crippen molar-refractivity contribution in [3.05, 3.63) is 28.0 Å². The molecule has 1 aromatic rings. The SMILES string of the molecule is COc1c(F)cc(Br)cc1C[C@@H](C)O. The Balaban J connectivity index is 3.11. The van der Waals surface area contributed by atoms with Gasteiger partial charge in [-0.25, -0.2) is 4.39 Å². The molecule has 0 aliphatic rings. The molecule has 0 spiro atoms. The van der Waals surface area contributed by atoms with Crippen LogP contribution >= 0.6 is 15.9 Å². The van der Waals surface area contributed by atoms with Crippen LogP contribution in [0.1, 0.15) is 12.5 Å². The zero-order chi connectivity index (χ0) is 10.7. The van der Waals surface area contributed by atoms with Crippen LogP contribution in [0.4, 0.5) is 4.39 Å². The van der Waals surface area contributed by atoms with Gasteiger partial charge in [-0.1, -0.05) is 15.9 Å². The molecule has 0 heterocycles. The van der Waals surface area contributed by atoms with Crippen LogP contribution in [0, 0.1) is 5.82 Å². The molecule has 0 aliphatic carbocycles. The van der Waals surface area contributed by atoms with Crippen molar-refractivity contribution in [2.45, 2.75) is 19.4 Å². The number of halogens is 2. The lowest BCUT2D eigenvalue weighted by molar-refractivity contribution is 0.194. The van der Waals surface area contributed by atoms with E-state index in [9.17, 15) is 9.50 Å². The van der Waals surface area contributed by atoms with Crippen molar-refractivity contribution in [3.63, 3.8) is 0 Å². The summed E-state index contributed by atoms with van der Waals surface area (Å²) in [4.78, 5) is 0. The van der Waals surface area contributed by atoms with Gasteiger partial charge < -0.3 is 9.84 Å². The van der Waals surface area contributed by atoms with E-state index in [1.54, 1.807) is 13.0 Å². The number of aliphatic hydroxyl groups excluding tert-OH is 1. The summed E-state index contributed by atoms with van der Waals surface area (Å²) in [6, 6.07) is 3.08. The topological polar surface area (TPSA) is 29.5 Å². The summed E-state index contributed by atoms with van der Waals surface area (Å²) in [5, 5.41) is 9.21. The molecule has 4 heteroatoms. The predicted octanol–water partition coefficient (Wildman–Crippen LogP) is 2.52. The Labute approximate surface area is 90.8 Å². The fraction of sp³-hybridized carbons (Fsp3) is 0.400. The lowest BCUT2D eigenvalue weighted by Gasteiger charge is -2.11. The van der Waals surface area contributed by atoms with Crippen LogP contribution in [0.2, 0.25) is 0 Å². The number of methoxy groups -OCH3 is 1. The minimum atomic E-state index is -0.516. The van der Waals surface area contributed by atoms with E-state index in [4.69, 9.17) is 4.74 Å². The molecule has 0 saturated carbocycles. The lowest BCUT2D eigenvalue weighted by Crippen LogP contribution is -2.06. The molecular formula is C10H12BrFO2. The van der Waals surface area contributed by atoms with Gasteiger partial charge in [-0.15, -0.1) is 0 Å². The van der Waals surface area contributed by atoms with E-state index in [0.29, 0.717) is 16.5 Å². The van der Waals surface area contributed by atoms with E-state index in [-0.39, 0.29) is 5.75 Å². The van der Waals surface area contributed by atoms with Crippen molar-refractivity contribution in [2.75, 3.05) is 7.11 Å². The highest BCUT2D eigenvalue weighted by atomic mass is 79.9. The Bertz CT molecular complexity index is 326. The molecule has 1 rings (SSSR count). The molecule has 1 atom stereocenters. The van der Waals surface area contributed by atoms with Gasteiger partial charge in [-0.05, 0) is 19.1 Å². The van der Waals surface area contributed by atoms with Crippen LogP contribution in [0.25, 0.3) is 0 Å². The monoisotopic (exact) mass is 262 g/mol. The molecule has 14 heavy (non-hydrogen) atoms. The van der Waals surface area contributed by atoms with E-state index in [0.717, 1.165) is 0 Å². The number of hydrogen-bond donors (Lipinski definition) is 1. The molecule has 0 bridgehead atoms. The minimum absolute atomic E-state index is 0.203. The summed E-state index contributed by atoms with van der Waals surface area (Å²) in [6.07, 6.45) is -0.142. The van der Waals surface area contributed by atoms with Crippen molar-refractivity contribution < 1.29 is 14.2 Å². The second kappa shape index (κ2) is 4.75. The summed E-state index contributed by atoms with van der Waals surface area (Å²) in [5.74, 6) is -0.216. The zero-order valence-corrected chi connectivity index (χ0v) is 9.64. The van der Waals surface area contributed by atoms with Crippen LogP contribution in [-0.4, -0.2) is 18.3 Å². The first-order valence-corrected chi connectivity index (χ1v) is 5.04. The van der Waals surface area contributed by atoms with E-state index < -0.39 is 11.9 Å². The molecule has 0 aliphatic heterocycles. The molecule has 0 fully saturated rings. The Morgan fingerprint density at radius 2 is 2.21 bits per heavy atom. The van der Waals surface area contributed by atoms with Gasteiger partial charge in [-0.2, -0.15) is 0 Å². The molecule has 1 N–H and O–H groups in total. The van der Waals surface area contributed by atoms with Gasteiger partial charge in [0.2, 0.25) is 0 Å². The zero-order valence-electron chi connectivity index (χ0n) is 8.05. The lowest BCUT2D eigenvalue weighted by atomic mass is 10.1. The van der Waals surface area contributed by atoms with E-state index in [1.807, 2.05) is 0 Å². The third kappa shape index (κ3) is 2.69. The van der Waals surface area contributed by atoms with Gasteiger partial charge in [0.05, 0.1) is 13.2 Å². The number of hydrogen-bond acceptors (Lipinski definition) is 2. The third-order valence-electron chi connectivity index (χ3n) is 1.80. The van der Waals surface area contributed by atoms with Crippen molar-refractivity contribution in [1.82, 2.24) is 0 Å². The Kier molecular flexibility index (Phi) is 3.89. The molecule has 0 amide bonds. The second-order valence-corrected chi connectivity index (χ2v) is 4.05. The summed E-state index contributed by atoms with van der Waals surface area (Å²) in [7, 11) is 1.41. The average Bonchev–Trinajstić information content (AvgIpc) is 2.01. The molecule has 0 aromatic heterocycles. The van der Waals surface area contributed by atoms with Crippen LogP contribution in [-0.2, 0) is 6.42 Å². The van der Waals surface area contributed by atoms with Crippen molar-refractivity contribution in [1.29, 1.82) is 0 Å². The summed E-state index contributed by atoms with van der Waals surface area (Å²) in [5.41, 5.74) is 0.661. The van der Waals surface area contributed by atoms with Crippen LogP contribution in [0.5, 0.6) is 5.75 Å². The number of benzene rings is 1. The maximum atomic E-state index is 13.3. The molecule has 78 valence electrons. The summed E-state index contributed by atoms with van der Waals surface area (Å²) in [6.45, 7) is 1.65. The number of aliphatic hydroxyl groups is 1. The van der Waals surface area contributed by atoms with E-state index >= 15 is 0 Å². The maximum absolute atomic E-state index is 13.3. The molecule has 2 nitrogen and oxygen atoms in total. The highest BCUT2D eigenvalue weighted by Gasteiger charge is 2.12. The van der Waals surface area contributed by atoms with Crippen LogP contribution in [0.15, 0.2) is 16.6 Å². The Hall–Kier alpha value is -0.610. The summed E-state index contributed by atoms with van der Waals surface area (Å²) >= 11 is 3.19. The van der Waals surface area contributed by atoms with Gasteiger partial charge >= 0.3 is 0 Å². The highest BCUT2D eigenvalue weighted by Crippen LogP contribution is 2.27. The second-order valence-electron chi connectivity index (χ2n) is 3.13. The van der Waals surface area contributed by atoms with E-state index in [2.05, 4.69) is 15.9 Å². The van der Waals surface area contributed by atoms with Gasteiger partial charge in [0.15, 0.2) is 11.6 Å². The molecule has 1 aromatic carbocycles. The van der Waals surface area contributed by atoms with Gasteiger partial charge in [0, 0.05) is 16.5 Å². The fourth-order valence-electron chi connectivity index (χ4n) is 1.31. The van der Waals surface area contributed by atoms with Crippen molar-refractivity contribution in [3.8, 4) is 5.75 Å². The van der Waals surface area contributed by atoms with Crippen LogP contribution < -0.4 is 4.74 Å². The molecule has 0 unspecified atom stereocenters. The quantitative estimate of drug-likeness (QED) is 0.907. The largest absolute Gasteiger partial charge is 0.493 e. The predicted molar refractivity (Wildman–Crippen MR) is 56.0 cm³/mol. The fourth-order valence-corrected chi connectivity index (χ4v) is 1.79. The summed E-state index contributed by atoms with van der Waals surface area (Å²) < 4.78 is 18.9. The number of rotatable bonds is 3. The van der Waals surface area contributed by atoms with Crippen molar-refractivity contribution in [2.24, 2.45) is 0 Å². The average molecular weight is 263 g/mol. The Morgan fingerprint density at radius 1 is 1.57 bits per heavy atom. The smallest absolute Gasteiger partial charge is 0.166 e. The molecule has 0 radical (unpaired) electrons. The first-order valence-electron chi connectivity index (χ1n) is 4.24. The van der Waals surface area contributed by atoms with Gasteiger partial charge in [-0.3, -0.25) is 0 Å². The first kappa shape index (κ1) is 11.5. The third-order valence-corrected chi connectivity index (χ3v) is 2.26. The van der Waals surface area contributed by atoms with Gasteiger partial charge in [0.25, 0.3) is 0 Å². The van der Waals surface area contributed by atoms with Gasteiger partial charge in [0.1, 0.15) is 0 Å². The first-order chi connectivity index (χ1) is 6.54. The van der Waals surface area contributed by atoms with Crippen molar-refractivity contribution >= 4 is 15.9 Å². The maximum Gasteiger partial charge on any atom is 0.166 e. The highest BCUT2D eigenvalue weighted by molar-refractivity contribution is 9.10. The standard InChI is InChI=1S/C10H12BrFO2/c1-6(13)3-7-4-8(11)5-9(12)10(7)14-2/h4-6,13H,3H2,1-2H3/t6-/m1/s1. The van der Waals surface area contributed by atoms with Crippen LogP contribution in [0.3, 0.4) is 0 Å².